The number of aromatic amines is 1. The van der Waals surface area contributed by atoms with Crippen LogP contribution in [0, 0.1) is 0 Å². The molecule has 1 amide bonds. The van der Waals surface area contributed by atoms with Crippen LogP contribution in [-0.4, -0.2) is 60.1 Å². The molecule has 2 N–H and O–H groups in total. The number of pyridine rings is 1. The Kier molecular flexibility index (Phi) is 5.29. The van der Waals surface area contributed by atoms with Crippen LogP contribution in [0.5, 0.6) is 5.75 Å². The molecule has 0 aliphatic carbocycles. The molecule has 0 radical (unpaired) electrons. The molecule has 0 saturated carbocycles. The molecule has 3 heterocycles. The minimum Gasteiger partial charge on any atom is -0.497 e. The Morgan fingerprint density at radius 3 is 2.72 bits per heavy atom. The van der Waals surface area contributed by atoms with E-state index in [1.165, 1.54) is 0 Å². The number of benzene rings is 1. The predicted octanol–water partition coefficient (Wildman–Crippen LogP) is 3.35. The molecule has 4 rings (SSSR count). The fraction of sp³-hybridized carbons (Fsp3) is 0.364. The summed E-state index contributed by atoms with van der Waals surface area (Å²) in [6, 6.07) is 10.1. The van der Waals surface area contributed by atoms with E-state index in [1.807, 2.05) is 35.4 Å². The molecular formula is C22H27N5O2. The van der Waals surface area contributed by atoms with Gasteiger partial charge in [0.1, 0.15) is 5.75 Å². The van der Waals surface area contributed by atoms with E-state index in [1.54, 1.807) is 13.3 Å². The van der Waals surface area contributed by atoms with E-state index in [9.17, 15) is 4.79 Å². The van der Waals surface area contributed by atoms with Crippen LogP contribution in [0.2, 0.25) is 0 Å². The Labute approximate surface area is 170 Å². The molecule has 1 aliphatic heterocycles. The van der Waals surface area contributed by atoms with Crippen LogP contribution >= 0.6 is 0 Å². The van der Waals surface area contributed by atoms with Crippen molar-refractivity contribution < 1.29 is 9.53 Å². The van der Waals surface area contributed by atoms with Gasteiger partial charge in [-0.05, 0) is 38.1 Å². The second-order valence-corrected chi connectivity index (χ2v) is 7.57. The van der Waals surface area contributed by atoms with E-state index in [2.05, 4.69) is 40.1 Å². The molecule has 7 nitrogen and oxygen atoms in total. The number of methoxy groups -OCH3 is 1. The molecule has 2 aromatic heterocycles. The Hall–Kier alpha value is -3.22. The molecule has 29 heavy (non-hydrogen) atoms. The number of ether oxygens (including phenoxy) is 1. The Bertz CT molecular complexity index is 1010. The molecule has 0 unspecified atom stereocenters. The number of carbonyl (C=O) groups excluding carboxylic acids is 1. The summed E-state index contributed by atoms with van der Waals surface area (Å²) >= 11 is 0. The number of anilines is 2. The van der Waals surface area contributed by atoms with Crippen LogP contribution in [0.4, 0.5) is 11.5 Å². The first-order chi connectivity index (χ1) is 14.1. The van der Waals surface area contributed by atoms with Crippen molar-refractivity contribution in [2.45, 2.75) is 19.9 Å². The topological polar surface area (TPSA) is 73.5 Å². The molecular weight excluding hydrogens is 366 g/mol. The van der Waals surface area contributed by atoms with Gasteiger partial charge in [0.05, 0.1) is 18.4 Å². The molecule has 0 atom stereocenters. The van der Waals surface area contributed by atoms with Gasteiger partial charge in [-0.3, -0.25) is 4.79 Å². The second kappa shape index (κ2) is 8.03. The zero-order valence-electron chi connectivity index (χ0n) is 17.1. The van der Waals surface area contributed by atoms with Gasteiger partial charge >= 0.3 is 0 Å². The third kappa shape index (κ3) is 3.85. The Balaban J connectivity index is 1.47. The van der Waals surface area contributed by atoms with Gasteiger partial charge in [-0.25, -0.2) is 4.98 Å². The highest BCUT2D eigenvalue weighted by molar-refractivity contribution is 6.07. The second-order valence-electron chi connectivity index (χ2n) is 7.57. The van der Waals surface area contributed by atoms with E-state index in [0.717, 1.165) is 41.2 Å². The number of nitrogens with zero attached hydrogens (tertiary/aromatic N) is 3. The maximum atomic E-state index is 13.1. The maximum Gasteiger partial charge on any atom is 0.256 e. The van der Waals surface area contributed by atoms with Crippen LogP contribution in [0.1, 0.15) is 24.2 Å². The molecule has 0 spiro atoms. The number of carbonyl (C=O) groups is 1. The fourth-order valence-corrected chi connectivity index (χ4v) is 3.77. The lowest BCUT2D eigenvalue weighted by Gasteiger charge is -2.36. The molecule has 1 aromatic carbocycles. The largest absolute Gasteiger partial charge is 0.497 e. The van der Waals surface area contributed by atoms with E-state index in [4.69, 9.17) is 4.74 Å². The summed E-state index contributed by atoms with van der Waals surface area (Å²) in [7, 11) is 1.64. The highest BCUT2D eigenvalue weighted by Crippen LogP contribution is 2.27. The molecule has 152 valence electrons. The molecule has 3 aromatic rings. The van der Waals surface area contributed by atoms with Gasteiger partial charge in [-0.15, -0.1) is 0 Å². The van der Waals surface area contributed by atoms with Gasteiger partial charge in [0.15, 0.2) is 5.82 Å². The van der Waals surface area contributed by atoms with Gasteiger partial charge in [0, 0.05) is 61.6 Å². The first-order valence-electron chi connectivity index (χ1n) is 9.97. The quantitative estimate of drug-likeness (QED) is 0.695. The average molecular weight is 393 g/mol. The fourth-order valence-electron chi connectivity index (χ4n) is 3.77. The van der Waals surface area contributed by atoms with Crippen molar-refractivity contribution in [3.63, 3.8) is 0 Å². The first-order valence-corrected chi connectivity index (χ1v) is 9.97. The third-order valence-electron chi connectivity index (χ3n) is 5.22. The van der Waals surface area contributed by atoms with Crippen LogP contribution in [0.15, 0.2) is 42.7 Å². The smallest absolute Gasteiger partial charge is 0.256 e. The monoisotopic (exact) mass is 393 g/mol. The van der Waals surface area contributed by atoms with Crippen LogP contribution in [0.25, 0.3) is 10.9 Å². The maximum absolute atomic E-state index is 13.1. The van der Waals surface area contributed by atoms with Crippen molar-refractivity contribution in [1.82, 2.24) is 14.9 Å². The lowest BCUT2D eigenvalue weighted by atomic mass is 10.1. The summed E-state index contributed by atoms with van der Waals surface area (Å²) in [5, 5.41) is 4.38. The van der Waals surface area contributed by atoms with Crippen molar-refractivity contribution in [2.24, 2.45) is 0 Å². The average Bonchev–Trinajstić information content (AvgIpc) is 3.16. The number of fused-ring (bicyclic) bond motifs is 1. The minimum absolute atomic E-state index is 0.0580. The highest BCUT2D eigenvalue weighted by Gasteiger charge is 2.25. The third-order valence-corrected chi connectivity index (χ3v) is 5.22. The number of H-pyrrole nitrogens is 1. The Morgan fingerprint density at radius 2 is 2.00 bits per heavy atom. The van der Waals surface area contributed by atoms with E-state index in [-0.39, 0.29) is 5.91 Å². The number of nitrogens with one attached hydrogen (secondary N) is 2. The number of piperazine rings is 1. The molecule has 1 aliphatic rings. The number of amides is 1. The summed E-state index contributed by atoms with van der Waals surface area (Å²) in [5.74, 6) is 1.78. The highest BCUT2D eigenvalue weighted by atomic mass is 16.5. The summed E-state index contributed by atoms with van der Waals surface area (Å²) in [4.78, 5) is 25.0. The SMILES string of the molecule is COc1ccc2c(C(=O)N3CCN(c4ncccc4NC(C)C)CC3)c[nH]c2c1. The van der Waals surface area contributed by atoms with Crippen molar-refractivity contribution in [3.8, 4) is 5.75 Å². The van der Waals surface area contributed by atoms with E-state index >= 15 is 0 Å². The lowest BCUT2D eigenvalue weighted by Crippen LogP contribution is -2.49. The lowest BCUT2D eigenvalue weighted by molar-refractivity contribution is 0.0748. The zero-order valence-corrected chi connectivity index (χ0v) is 17.1. The standard InChI is InChI=1S/C22H27N5O2/c1-15(2)25-19-5-4-8-23-21(19)26-9-11-27(12-10-26)22(28)18-14-24-20-13-16(29-3)6-7-17(18)20/h4-8,13-15,24-25H,9-12H2,1-3H3. The number of hydrogen-bond acceptors (Lipinski definition) is 5. The summed E-state index contributed by atoms with van der Waals surface area (Å²) in [5.41, 5.74) is 2.65. The van der Waals surface area contributed by atoms with Gasteiger partial charge < -0.3 is 24.8 Å². The molecule has 0 bridgehead atoms. The van der Waals surface area contributed by atoms with Crippen LogP contribution < -0.4 is 15.0 Å². The van der Waals surface area contributed by atoms with Gasteiger partial charge in [0.25, 0.3) is 5.91 Å². The van der Waals surface area contributed by atoms with Crippen molar-refractivity contribution in [1.29, 1.82) is 0 Å². The van der Waals surface area contributed by atoms with E-state index in [0.29, 0.717) is 24.7 Å². The number of aromatic nitrogens is 2. The molecule has 7 heteroatoms. The van der Waals surface area contributed by atoms with Crippen molar-refractivity contribution in [2.75, 3.05) is 43.5 Å². The zero-order chi connectivity index (χ0) is 20.4. The van der Waals surface area contributed by atoms with Crippen molar-refractivity contribution in [3.05, 3.63) is 48.3 Å². The number of rotatable bonds is 5. The summed E-state index contributed by atoms with van der Waals surface area (Å²) < 4.78 is 5.26. The van der Waals surface area contributed by atoms with Gasteiger partial charge in [-0.2, -0.15) is 0 Å². The predicted molar refractivity (Wildman–Crippen MR) is 116 cm³/mol. The summed E-state index contributed by atoms with van der Waals surface area (Å²) in [6.07, 6.45) is 3.61. The van der Waals surface area contributed by atoms with Gasteiger partial charge in [0.2, 0.25) is 0 Å². The normalized spacial score (nSPS) is 14.5. The van der Waals surface area contributed by atoms with E-state index < -0.39 is 0 Å². The Morgan fingerprint density at radius 1 is 1.21 bits per heavy atom. The van der Waals surface area contributed by atoms with Crippen LogP contribution in [-0.2, 0) is 0 Å². The molecule has 1 fully saturated rings. The van der Waals surface area contributed by atoms with Gasteiger partial charge in [-0.1, -0.05) is 0 Å². The minimum atomic E-state index is 0.0580. The first kappa shape index (κ1) is 19.1. The number of hydrogen-bond donors (Lipinski definition) is 2. The van der Waals surface area contributed by atoms with Crippen molar-refractivity contribution >= 4 is 28.3 Å². The molecule has 1 saturated heterocycles. The summed E-state index contributed by atoms with van der Waals surface area (Å²) in [6.45, 7) is 7.07. The van der Waals surface area contributed by atoms with Crippen LogP contribution in [0.3, 0.4) is 0 Å².